The predicted molar refractivity (Wildman–Crippen MR) is 114 cm³/mol. The summed E-state index contributed by atoms with van der Waals surface area (Å²) in [4.78, 5) is 19.3. The molecule has 0 saturated carbocycles. The van der Waals surface area contributed by atoms with Crippen LogP contribution in [0, 0.1) is 0 Å². The van der Waals surface area contributed by atoms with E-state index in [-0.39, 0.29) is 11.9 Å². The van der Waals surface area contributed by atoms with E-state index in [0.717, 1.165) is 50.0 Å². The third-order valence-electron chi connectivity index (χ3n) is 5.83. The monoisotopic (exact) mass is 398 g/mol. The molecule has 5 nitrogen and oxygen atoms in total. The normalized spacial score (nSPS) is 23.2. The van der Waals surface area contributed by atoms with Crippen molar-refractivity contribution in [3.05, 3.63) is 65.2 Å². The molecule has 0 spiro atoms. The first-order chi connectivity index (χ1) is 13.6. The Bertz CT molecular complexity index is 807. The molecule has 0 unspecified atom stereocenters. The SMILES string of the molecule is N[C@@H]1CN(CC(=O)N2CCN(c3cccc(Cl)c3)CC2)C[C@H]1c1ccccc1. The largest absolute Gasteiger partial charge is 0.368 e. The summed E-state index contributed by atoms with van der Waals surface area (Å²) in [5, 5.41) is 0.745. The molecule has 6 heteroatoms. The summed E-state index contributed by atoms with van der Waals surface area (Å²) in [6.45, 7) is 5.22. The highest BCUT2D eigenvalue weighted by Crippen LogP contribution is 2.26. The summed E-state index contributed by atoms with van der Waals surface area (Å²) in [6, 6.07) is 18.4. The Kier molecular flexibility index (Phi) is 5.85. The standard InChI is InChI=1S/C22H27ClN4O/c23-18-7-4-8-19(13-18)26-9-11-27(12-10-26)22(28)16-25-14-20(21(24)15-25)17-5-2-1-3-6-17/h1-8,13,20-21H,9-12,14-16,24H2/t20-,21+/m0/s1. The van der Waals surface area contributed by atoms with Crippen LogP contribution in [0.25, 0.3) is 0 Å². The molecule has 1 amide bonds. The number of hydrogen-bond acceptors (Lipinski definition) is 4. The maximum Gasteiger partial charge on any atom is 0.236 e. The summed E-state index contributed by atoms with van der Waals surface area (Å²) in [6.07, 6.45) is 0. The molecule has 2 heterocycles. The van der Waals surface area contributed by atoms with E-state index in [2.05, 4.69) is 40.1 Å². The van der Waals surface area contributed by atoms with E-state index >= 15 is 0 Å². The zero-order chi connectivity index (χ0) is 19.5. The number of anilines is 1. The first kappa shape index (κ1) is 19.2. The number of nitrogens with two attached hydrogens (primary N) is 1. The van der Waals surface area contributed by atoms with Crippen LogP contribution >= 0.6 is 11.6 Å². The van der Waals surface area contributed by atoms with E-state index in [1.54, 1.807) is 0 Å². The van der Waals surface area contributed by atoms with Gasteiger partial charge in [-0.3, -0.25) is 9.69 Å². The molecule has 148 valence electrons. The van der Waals surface area contributed by atoms with Gasteiger partial charge >= 0.3 is 0 Å². The summed E-state index contributed by atoms with van der Waals surface area (Å²) < 4.78 is 0. The van der Waals surface area contributed by atoms with E-state index < -0.39 is 0 Å². The van der Waals surface area contributed by atoms with Crippen LogP contribution in [0.2, 0.25) is 5.02 Å². The molecule has 0 aromatic heterocycles. The fourth-order valence-electron chi connectivity index (χ4n) is 4.27. The van der Waals surface area contributed by atoms with Crippen molar-refractivity contribution in [1.82, 2.24) is 9.80 Å². The number of carbonyl (C=O) groups excluding carboxylic acids is 1. The molecule has 0 radical (unpaired) electrons. The number of nitrogens with zero attached hydrogens (tertiary/aromatic N) is 3. The van der Waals surface area contributed by atoms with Gasteiger partial charge in [-0.15, -0.1) is 0 Å². The molecular weight excluding hydrogens is 372 g/mol. The van der Waals surface area contributed by atoms with Gasteiger partial charge in [0, 0.05) is 61.9 Å². The van der Waals surface area contributed by atoms with Gasteiger partial charge in [0.05, 0.1) is 6.54 Å². The van der Waals surface area contributed by atoms with Gasteiger partial charge in [0.1, 0.15) is 0 Å². The number of halogens is 1. The minimum Gasteiger partial charge on any atom is -0.368 e. The Morgan fingerprint density at radius 3 is 2.46 bits per heavy atom. The Labute approximate surface area is 171 Å². The number of likely N-dealkylation sites (tertiary alicyclic amines) is 1. The van der Waals surface area contributed by atoms with Crippen molar-refractivity contribution in [1.29, 1.82) is 0 Å². The first-order valence-electron chi connectivity index (χ1n) is 9.91. The van der Waals surface area contributed by atoms with Gasteiger partial charge in [0.2, 0.25) is 5.91 Å². The Morgan fingerprint density at radius 1 is 1.00 bits per heavy atom. The topological polar surface area (TPSA) is 52.8 Å². The first-order valence-corrected chi connectivity index (χ1v) is 10.3. The zero-order valence-electron chi connectivity index (χ0n) is 16.0. The molecule has 2 fully saturated rings. The van der Waals surface area contributed by atoms with Crippen LogP contribution in [0.4, 0.5) is 5.69 Å². The van der Waals surface area contributed by atoms with Crippen LogP contribution in [0.15, 0.2) is 54.6 Å². The number of amides is 1. The fraction of sp³-hybridized carbons (Fsp3) is 0.409. The molecule has 0 aliphatic carbocycles. The van der Waals surface area contributed by atoms with Crippen molar-refractivity contribution in [3.63, 3.8) is 0 Å². The van der Waals surface area contributed by atoms with Crippen LogP contribution < -0.4 is 10.6 Å². The van der Waals surface area contributed by atoms with Crippen LogP contribution in [0.1, 0.15) is 11.5 Å². The third kappa shape index (κ3) is 4.32. The van der Waals surface area contributed by atoms with Crippen molar-refractivity contribution in [2.75, 3.05) is 50.7 Å². The number of rotatable bonds is 4. The van der Waals surface area contributed by atoms with Gasteiger partial charge in [-0.05, 0) is 23.8 Å². The van der Waals surface area contributed by atoms with Crippen molar-refractivity contribution >= 4 is 23.2 Å². The van der Waals surface area contributed by atoms with E-state index in [1.807, 2.05) is 29.2 Å². The number of piperazine rings is 1. The fourth-order valence-corrected chi connectivity index (χ4v) is 4.46. The Balaban J connectivity index is 1.29. The lowest BCUT2D eigenvalue weighted by Crippen LogP contribution is -2.51. The lowest BCUT2D eigenvalue weighted by Gasteiger charge is -2.36. The molecule has 2 saturated heterocycles. The van der Waals surface area contributed by atoms with Gasteiger partial charge < -0.3 is 15.5 Å². The lowest BCUT2D eigenvalue weighted by atomic mass is 9.95. The van der Waals surface area contributed by atoms with Crippen molar-refractivity contribution < 1.29 is 4.79 Å². The molecular formula is C22H27ClN4O. The summed E-state index contributed by atoms with van der Waals surface area (Å²) in [7, 11) is 0. The van der Waals surface area contributed by atoms with Gasteiger partial charge in [0.15, 0.2) is 0 Å². The average Bonchev–Trinajstić information content (AvgIpc) is 3.09. The van der Waals surface area contributed by atoms with Crippen molar-refractivity contribution in [3.8, 4) is 0 Å². The molecule has 2 N–H and O–H groups in total. The second-order valence-electron chi connectivity index (χ2n) is 7.72. The molecule has 2 aliphatic rings. The van der Waals surface area contributed by atoms with E-state index in [1.165, 1.54) is 5.56 Å². The van der Waals surface area contributed by atoms with Gasteiger partial charge in [-0.1, -0.05) is 48.0 Å². The maximum absolute atomic E-state index is 12.8. The van der Waals surface area contributed by atoms with Gasteiger partial charge in [-0.25, -0.2) is 0 Å². The highest BCUT2D eigenvalue weighted by molar-refractivity contribution is 6.30. The molecule has 2 atom stereocenters. The molecule has 2 aliphatic heterocycles. The van der Waals surface area contributed by atoms with Crippen LogP contribution in [-0.4, -0.2) is 67.6 Å². The quantitative estimate of drug-likeness (QED) is 0.859. The smallest absolute Gasteiger partial charge is 0.236 e. The third-order valence-corrected chi connectivity index (χ3v) is 6.07. The maximum atomic E-state index is 12.8. The lowest BCUT2D eigenvalue weighted by molar-refractivity contribution is -0.132. The summed E-state index contributed by atoms with van der Waals surface area (Å²) in [5.41, 5.74) is 8.75. The Morgan fingerprint density at radius 2 is 1.75 bits per heavy atom. The number of carbonyl (C=O) groups is 1. The van der Waals surface area contributed by atoms with E-state index in [0.29, 0.717) is 12.5 Å². The molecule has 4 rings (SSSR count). The number of benzene rings is 2. The second-order valence-corrected chi connectivity index (χ2v) is 8.16. The minimum atomic E-state index is 0.0786. The minimum absolute atomic E-state index is 0.0786. The average molecular weight is 399 g/mol. The zero-order valence-corrected chi connectivity index (χ0v) is 16.8. The highest BCUT2D eigenvalue weighted by atomic mass is 35.5. The summed E-state index contributed by atoms with van der Waals surface area (Å²) in [5.74, 6) is 0.500. The molecule has 2 aromatic carbocycles. The van der Waals surface area contributed by atoms with E-state index in [4.69, 9.17) is 17.3 Å². The Hall–Kier alpha value is -2.08. The molecule has 2 aromatic rings. The van der Waals surface area contributed by atoms with Crippen molar-refractivity contribution in [2.45, 2.75) is 12.0 Å². The van der Waals surface area contributed by atoms with Crippen molar-refractivity contribution in [2.24, 2.45) is 5.73 Å². The predicted octanol–water partition coefficient (Wildman–Crippen LogP) is 2.42. The van der Waals surface area contributed by atoms with Gasteiger partial charge in [-0.2, -0.15) is 0 Å². The molecule has 0 bridgehead atoms. The van der Waals surface area contributed by atoms with Crippen LogP contribution in [-0.2, 0) is 4.79 Å². The molecule has 28 heavy (non-hydrogen) atoms. The van der Waals surface area contributed by atoms with Gasteiger partial charge in [0.25, 0.3) is 0 Å². The highest BCUT2D eigenvalue weighted by Gasteiger charge is 2.33. The van der Waals surface area contributed by atoms with Crippen LogP contribution in [0.3, 0.4) is 0 Å². The number of hydrogen-bond donors (Lipinski definition) is 1. The van der Waals surface area contributed by atoms with Crippen LogP contribution in [0.5, 0.6) is 0 Å². The summed E-state index contributed by atoms with van der Waals surface area (Å²) >= 11 is 6.10. The van der Waals surface area contributed by atoms with E-state index in [9.17, 15) is 4.79 Å². The second kappa shape index (κ2) is 8.52.